The summed E-state index contributed by atoms with van der Waals surface area (Å²) in [6.45, 7) is 4.10. The Morgan fingerprint density at radius 1 is 1.46 bits per heavy atom. The quantitative estimate of drug-likeness (QED) is 0.664. The van der Waals surface area contributed by atoms with Crippen molar-refractivity contribution >= 4 is 0 Å². The maximum absolute atomic E-state index is 9.20. The van der Waals surface area contributed by atoms with Gasteiger partial charge in [0, 0.05) is 0 Å². The van der Waals surface area contributed by atoms with Crippen LogP contribution in [0.3, 0.4) is 0 Å². The Balaban J connectivity index is 2.30. The number of rotatable bonds is 3. The van der Waals surface area contributed by atoms with Crippen molar-refractivity contribution in [1.82, 2.24) is 0 Å². The molecule has 0 bridgehead atoms. The molecule has 1 nitrogen and oxygen atoms in total. The molecule has 0 amide bonds. The van der Waals surface area contributed by atoms with Crippen molar-refractivity contribution in [2.75, 3.05) is 0 Å². The van der Waals surface area contributed by atoms with E-state index in [2.05, 4.69) is 6.92 Å². The van der Waals surface area contributed by atoms with Crippen LogP contribution in [0.2, 0.25) is 0 Å². The van der Waals surface area contributed by atoms with Gasteiger partial charge in [-0.1, -0.05) is 31.4 Å². The molecule has 1 heteroatoms. The summed E-state index contributed by atoms with van der Waals surface area (Å²) in [5.41, 5.74) is 1.47. The van der Waals surface area contributed by atoms with Gasteiger partial charge in [0.1, 0.15) is 0 Å². The van der Waals surface area contributed by atoms with Crippen LogP contribution >= 0.6 is 0 Å². The fourth-order valence-electron chi connectivity index (χ4n) is 2.25. The highest BCUT2D eigenvalue weighted by Gasteiger charge is 2.15. The lowest BCUT2D eigenvalue weighted by Gasteiger charge is -2.23. The molecule has 1 unspecified atom stereocenters. The standard InChI is InChI=1S/C12H22O/c1-3-4-11-5-7-12(8-6-11)9-10(2)13/h9-11,13H,3-8H2,1-2H3. The zero-order valence-corrected chi connectivity index (χ0v) is 8.92. The van der Waals surface area contributed by atoms with E-state index in [0.717, 1.165) is 5.92 Å². The van der Waals surface area contributed by atoms with Gasteiger partial charge in [-0.25, -0.2) is 0 Å². The van der Waals surface area contributed by atoms with E-state index in [9.17, 15) is 5.11 Å². The third-order valence-corrected chi connectivity index (χ3v) is 2.92. The number of aliphatic hydroxyl groups is 1. The summed E-state index contributed by atoms with van der Waals surface area (Å²) < 4.78 is 0. The van der Waals surface area contributed by atoms with E-state index in [1.165, 1.54) is 44.1 Å². The molecule has 1 aliphatic carbocycles. The topological polar surface area (TPSA) is 20.2 Å². The van der Waals surface area contributed by atoms with Gasteiger partial charge in [-0.05, 0) is 38.5 Å². The van der Waals surface area contributed by atoms with Crippen LogP contribution in [0, 0.1) is 5.92 Å². The molecule has 0 aliphatic heterocycles. The summed E-state index contributed by atoms with van der Waals surface area (Å²) in [6.07, 6.45) is 9.60. The van der Waals surface area contributed by atoms with Crippen LogP contribution < -0.4 is 0 Å². The average Bonchev–Trinajstić information content (AvgIpc) is 2.08. The lowest BCUT2D eigenvalue weighted by Crippen LogP contribution is -2.09. The largest absolute Gasteiger partial charge is 0.389 e. The lowest BCUT2D eigenvalue weighted by atomic mass is 9.83. The second-order valence-electron chi connectivity index (χ2n) is 4.30. The van der Waals surface area contributed by atoms with E-state index in [-0.39, 0.29) is 6.10 Å². The zero-order chi connectivity index (χ0) is 9.68. The Hall–Kier alpha value is -0.300. The van der Waals surface area contributed by atoms with E-state index < -0.39 is 0 Å². The molecule has 1 saturated carbocycles. The van der Waals surface area contributed by atoms with E-state index in [4.69, 9.17) is 0 Å². The van der Waals surface area contributed by atoms with Gasteiger partial charge in [0.05, 0.1) is 6.10 Å². The molecule has 0 aromatic carbocycles. The highest BCUT2D eigenvalue weighted by atomic mass is 16.3. The molecule has 1 atom stereocenters. The summed E-state index contributed by atoms with van der Waals surface area (Å²) in [6, 6.07) is 0. The molecule has 13 heavy (non-hydrogen) atoms. The van der Waals surface area contributed by atoms with Gasteiger partial charge in [0.2, 0.25) is 0 Å². The Bertz CT molecular complexity index is 160. The average molecular weight is 182 g/mol. The third kappa shape index (κ3) is 3.95. The lowest BCUT2D eigenvalue weighted by molar-refractivity contribution is 0.241. The van der Waals surface area contributed by atoms with Crippen LogP contribution in [0.1, 0.15) is 52.4 Å². The first kappa shape index (κ1) is 10.8. The Morgan fingerprint density at radius 2 is 2.08 bits per heavy atom. The van der Waals surface area contributed by atoms with Crippen LogP contribution in [-0.4, -0.2) is 11.2 Å². The van der Waals surface area contributed by atoms with E-state index in [1.807, 2.05) is 13.0 Å². The predicted octanol–water partition coefficient (Wildman–Crippen LogP) is 3.28. The minimum atomic E-state index is -0.252. The summed E-state index contributed by atoms with van der Waals surface area (Å²) >= 11 is 0. The van der Waals surface area contributed by atoms with Gasteiger partial charge in [0.25, 0.3) is 0 Å². The molecule has 76 valence electrons. The van der Waals surface area contributed by atoms with E-state index in [0.29, 0.717) is 0 Å². The van der Waals surface area contributed by atoms with Gasteiger partial charge in [-0.15, -0.1) is 0 Å². The SMILES string of the molecule is CCCC1CCC(=CC(C)O)CC1. The van der Waals surface area contributed by atoms with Crippen LogP contribution in [0.25, 0.3) is 0 Å². The van der Waals surface area contributed by atoms with Crippen LogP contribution in [-0.2, 0) is 0 Å². The molecule has 1 rings (SSSR count). The van der Waals surface area contributed by atoms with Crippen molar-refractivity contribution < 1.29 is 5.11 Å². The fraction of sp³-hybridized carbons (Fsp3) is 0.833. The molecular formula is C12H22O. The van der Waals surface area contributed by atoms with Crippen LogP contribution in [0.15, 0.2) is 11.6 Å². The van der Waals surface area contributed by atoms with E-state index >= 15 is 0 Å². The third-order valence-electron chi connectivity index (χ3n) is 2.92. The van der Waals surface area contributed by atoms with Crippen LogP contribution in [0.5, 0.6) is 0 Å². The molecule has 0 saturated heterocycles. The first-order valence-corrected chi connectivity index (χ1v) is 5.60. The summed E-state index contributed by atoms with van der Waals surface area (Å²) in [7, 11) is 0. The Morgan fingerprint density at radius 3 is 2.54 bits per heavy atom. The molecule has 1 fully saturated rings. The van der Waals surface area contributed by atoms with Gasteiger partial charge >= 0.3 is 0 Å². The number of allylic oxidation sites excluding steroid dienone is 1. The highest BCUT2D eigenvalue weighted by molar-refractivity contribution is 5.07. The Kier molecular flexibility index (Phi) is 4.51. The first-order chi connectivity index (χ1) is 6.22. The highest BCUT2D eigenvalue weighted by Crippen LogP contribution is 2.31. The molecule has 0 aromatic heterocycles. The molecular weight excluding hydrogens is 160 g/mol. The van der Waals surface area contributed by atoms with Crippen molar-refractivity contribution in [1.29, 1.82) is 0 Å². The van der Waals surface area contributed by atoms with Crippen molar-refractivity contribution in [3.05, 3.63) is 11.6 Å². The minimum Gasteiger partial charge on any atom is -0.389 e. The molecule has 0 aromatic rings. The van der Waals surface area contributed by atoms with Gasteiger partial charge < -0.3 is 5.11 Å². The first-order valence-electron chi connectivity index (χ1n) is 5.60. The predicted molar refractivity (Wildman–Crippen MR) is 56.6 cm³/mol. The second kappa shape index (κ2) is 5.43. The zero-order valence-electron chi connectivity index (χ0n) is 8.92. The summed E-state index contributed by atoms with van der Waals surface area (Å²) in [5.74, 6) is 0.955. The molecule has 0 heterocycles. The maximum atomic E-state index is 9.20. The normalized spacial score (nSPS) is 25.8. The molecule has 0 spiro atoms. The van der Waals surface area contributed by atoms with Gasteiger partial charge in [0.15, 0.2) is 0 Å². The number of aliphatic hydroxyl groups excluding tert-OH is 1. The monoisotopic (exact) mass is 182 g/mol. The summed E-state index contributed by atoms with van der Waals surface area (Å²) in [5, 5.41) is 9.20. The summed E-state index contributed by atoms with van der Waals surface area (Å²) in [4.78, 5) is 0. The Labute approximate surface area is 81.9 Å². The maximum Gasteiger partial charge on any atom is 0.0695 e. The number of hydrogen-bond donors (Lipinski definition) is 1. The molecule has 1 aliphatic rings. The van der Waals surface area contributed by atoms with Gasteiger partial charge in [-0.2, -0.15) is 0 Å². The fourth-order valence-corrected chi connectivity index (χ4v) is 2.25. The van der Waals surface area contributed by atoms with Crippen molar-refractivity contribution in [3.8, 4) is 0 Å². The number of hydrogen-bond acceptors (Lipinski definition) is 1. The second-order valence-corrected chi connectivity index (χ2v) is 4.30. The van der Waals surface area contributed by atoms with Crippen molar-refractivity contribution in [2.45, 2.75) is 58.5 Å². The molecule has 1 N–H and O–H groups in total. The van der Waals surface area contributed by atoms with Crippen molar-refractivity contribution in [2.24, 2.45) is 5.92 Å². The minimum absolute atomic E-state index is 0.252. The van der Waals surface area contributed by atoms with Crippen molar-refractivity contribution in [3.63, 3.8) is 0 Å². The molecule has 0 radical (unpaired) electrons. The van der Waals surface area contributed by atoms with Gasteiger partial charge in [-0.3, -0.25) is 0 Å². The van der Waals surface area contributed by atoms with E-state index in [1.54, 1.807) is 0 Å². The smallest absolute Gasteiger partial charge is 0.0695 e. The van der Waals surface area contributed by atoms with Crippen LogP contribution in [0.4, 0.5) is 0 Å².